The van der Waals surface area contributed by atoms with E-state index in [1.165, 1.54) is 32.1 Å². The van der Waals surface area contributed by atoms with Crippen LogP contribution in [0.3, 0.4) is 0 Å². The number of nitrogens with zero attached hydrogens (tertiary/aromatic N) is 3. The lowest BCUT2D eigenvalue weighted by atomic mass is 9.96. The summed E-state index contributed by atoms with van der Waals surface area (Å²) in [5, 5.41) is 7.45. The van der Waals surface area contributed by atoms with Crippen LogP contribution in [0.25, 0.3) is 0 Å². The van der Waals surface area contributed by atoms with Crippen molar-refractivity contribution in [3.05, 3.63) is 50.7 Å². The Morgan fingerprint density at radius 1 is 1.18 bits per heavy atom. The third-order valence-corrected chi connectivity index (χ3v) is 5.11. The monoisotopic (exact) mass is 333 g/mol. The summed E-state index contributed by atoms with van der Waals surface area (Å²) in [5.41, 5.74) is 2.15. The van der Waals surface area contributed by atoms with Gasteiger partial charge in [-0.05, 0) is 37.5 Å². The van der Waals surface area contributed by atoms with Crippen LogP contribution in [0.2, 0.25) is 5.02 Å². The van der Waals surface area contributed by atoms with Crippen LogP contribution in [0.15, 0.2) is 39.7 Å². The summed E-state index contributed by atoms with van der Waals surface area (Å²) in [6, 6.07) is 8.14. The Hall–Kier alpha value is -1.39. The van der Waals surface area contributed by atoms with Crippen molar-refractivity contribution in [1.29, 1.82) is 0 Å². The van der Waals surface area contributed by atoms with Crippen LogP contribution in [0.4, 0.5) is 0 Å². The number of aryl methyl sites for hydroxylation is 1. The third-order valence-electron chi connectivity index (χ3n) is 3.91. The summed E-state index contributed by atoms with van der Waals surface area (Å²) in [5.74, 6) is 0. The summed E-state index contributed by atoms with van der Waals surface area (Å²) in [6.45, 7) is 2.07. The molecule has 22 heavy (non-hydrogen) atoms. The lowest BCUT2D eigenvalue weighted by Gasteiger charge is -2.16. The van der Waals surface area contributed by atoms with Gasteiger partial charge in [0.1, 0.15) is 0 Å². The molecular weight excluding hydrogens is 314 g/mol. The number of hydrogen-bond donors (Lipinski definition) is 0. The molecule has 0 aliphatic heterocycles. The number of rotatable bonds is 3. The van der Waals surface area contributed by atoms with Crippen LogP contribution in [-0.4, -0.2) is 16.9 Å². The molecule has 3 rings (SSSR count). The molecule has 5 heteroatoms. The van der Waals surface area contributed by atoms with Gasteiger partial charge in [-0.3, -0.25) is 4.99 Å². The van der Waals surface area contributed by atoms with Gasteiger partial charge >= 0.3 is 0 Å². The van der Waals surface area contributed by atoms with Gasteiger partial charge in [0.2, 0.25) is 4.80 Å². The maximum Gasteiger partial charge on any atom is 0.206 e. The average molecular weight is 334 g/mol. The largest absolute Gasteiger partial charge is 0.254 e. The zero-order valence-electron chi connectivity index (χ0n) is 12.7. The Kier molecular flexibility index (Phi) is 5.11. The lowest BCUT2D eigenvalue weighted by molar-refractivity contribution is 0.435. The van der Waals surface area contributed by atoms with Crippen molar-refractivity contribution >= 4 is 29.2 Å². The predicted molar refractivity (Wildman–Crippen MR) is 93.9 cm³/mol. The van der Waals surface area contributed by atoms with Crippen molar-refractivity contribution in [2.24, 2.45) is 10.1 Å². The van der Waals surface area contributed by atoms with Gasteiger partial charge < -0.3 is 0 Å². The quantitative estimate of drug-likeness (QED) is 0.733. The number of thiazole rings is 1. The Bertz CT molecular complexity index is 706. The second-order valence-electron chi connectivity index (χ2n) is 5.69. The highest BCUT2D eigenvalue weighted by molar-refractivity contribution is 7.07. The molecule has 2 aromatic rings. The zero-order chi connectivity index (χ0) is 15.4. The minimum absolute atomic E-state index is 0.462. The van der Waals surface area contributed by atoms with Crippen LogP contribution < -0.4 is 4.80 Å². The van der Waals surface area contributed by atoms with Gasteiger partial charge in [-0.2, -0.15) is 5.10 Å². The topological polar surface area (TPSA) is 29.6 Å². The molecule has 1 aromatic heterocycles. The minimum Gasteiger partial charge on any atom is -0.254 e. The van der Waals surface area contributed by atoms with Gasteiger partial charge in [-0.25, -0.2) is 4.68 Å². The van der Waals surface area contributed by atoms with Crippen LogP contribution in [-0.2, 0) is 0 Å². The second-order valence-corrected chi connectivity index (χ2v) is 6.96. The van der Waals surface area contributed by atoms with Crippen LogP contribution in [0.5, 0.6) is 0 Å². The van der Waals surface area contributed by atoms with E-state index in [0.29, 0.717) is 6.04 Å². The molecule has 1 aliphatic carbocycles. The normalized spacial score (nSPS) is 17.5. The van der Waals surface area contributed by atoms with E-state index in [1.807, 2.05) is 35.2 Å². The molecule has 1 heterocycles. The van der Waals surface area contributed by atoms with E-state index in [4.69, 9.17) is 16.6 Å². The molecule has 1 fully saturated rings. The predicted octanol–water partition coefficient (Wildman–Crippen LogP) is 4.63. The summed E-state index contributed by atoms with van der Waals surface area (Å²) in [6.07, 6.45) is 8.22. The van der Waals surface area contributed by atoms with E-state index in [1.54, 1.807) is 11.3 Å². The first kappa shape index (κ1) is 15.5. The van der Waals surface area contributed by atoms with Gasteiger partial charge in [0, 0.05) is 10.4 Å². The second kappa shape index (κ2) is 7.25. The van der Waals surface area contributed by atoms with Crippen LogP contribution in [0, 0.1) is 6.92 Å². The highest BCUT2D eigenvalue weighted by Gasteiger charge is 2.12. The summed E-state index contributed by atoms with van der Waals surface area (Å²) < 4.78 is 1.94. The first-order valence-corrected chi connectivity index (χ1v) is 8.99. The molecule has 0 unspecified atom stereocenters. The summed E-state index contributed by atoms with van der Waals surface area (Å²) in [4.78, 5) is 5.91. The molecular formula is C17H20ClN3S. The van der Waals surface area contributed by atoms with E-state index in [0.717, 1.165) is 21.1 Å². The molecule has 1 aliphatic rings. The Balaban J connectivity index is 1.85. The van der Waals surface area contributed by atoms with Crippen LogP contribution >= 0.6 is 22.9 Å². The third kappa shape index (κ3) is 3.87. The van der Waals surface area contributed by atoms with Gasteiger partial charge in [-0.1, -0.05) is 43.0 Å². The highest BCUT2D eigenvalue weighted by Crippen LogP contribution is 2.20. The smallest absolute Gasteiger partial charge is 0.206 e. The van der Waals surface area contributed by atoms with Crippen molar-refractivity contribution in [3.63, 3.8) is 0 Å². The fraction of sp³-hybridized carbons (Fsp3) is 0.412. The van der Waals surface area contributed by atoms with Crippen molar-refractivity contribution in [1.82, 2.24) is 4.68 Å². The average Bonchev–Trinajstić information content (AvgIpc) is 2.88. The van der Waals surface area contributed by atoms with Gasteiger partial charge in [0.15, 0.2) is 0 Å². The first-order chi connectivity index (χ1) is 10.7. The van der Waals surface area contributed by atoms with E-state index in [2.05, 4.69) is 17.4 Å². The van der Waals surface area contributed by atoms with Crippen molar-refractivity contribution in [2.45, 2.75) is 45.1 Å². The molecule has 3 nitrogen and oxygen atoms in total. The maximum absolute atomic E-state index is 5.91. The van der Waals surface area contributed by atoms with E-state index in [9.17, 15) is 0 Å². The van der Waals surface area contributed by atoms with Crippen molar-refractivity contribution < 1.29 is 0 Å². The number of hydrogen-bond acceptors (Lipinski definition) is 3. The molecule has 1 aromatic carbocycles. The Morgan fingerprint density at radius 3 is 2.64 bits per heavy atom. The molecule has 0 radical (unpaired) electrons. The van der Waals surface area contributed by atoms with Crippen molar-refractivity contribution in [2.75, 3.05) is 0 Å². The standard InChI is InChI=1S/C17H20ClN3S/c1-13-12-22-17(20-16-5-3-2-4-6-16)21(13)19-11-14-7-9-15(18)10-8-14/h7-12,16H,2-6H2,1H3. The fourth-order valence-corrected chi connectivity index (χ4v) is 3.66. The van der Waals surface area contributed by atoms with E-state index < -0.39 is 0 Å². The SMILES string of the molecule is Cc1csc(=NC2CCCCC2)n1N=Cc1ccc(Cl)cc1. The van der Waals surface area contributed by atoms with Gasteiger partial charge in [-0.15, -0.1) is 11.3 Å². The van der Waals surface area contributed by atoms with E-state index >= 15 is 0 Å². The number of halogens is 1. The van der Waals surface area contributed by atoms with E-state index in [-0.39, 0.29) is 0 Å². The number of benzene rings is 1. The molecule has 0 N–H and O–H groups in total. The zero-order valence-corrected chi connectivity index (χ0v) is 14.3. The molecule has 0 atom stereocenters. The molecule has 116 valence electrons. The van der Waals surface area contributed by atoms with Gasteiger partial charge in [0.25, 0.3) is 0 Å². The highest BCUT2D eigenvalue weighted by atomic mass is 35.5. The molecule has 0 spiro atoms. The maximum atomic E-state index is 5.91. The Morgan fingerprint density at radius 2 is 1.91 bits per heavy atom. The summed E-state index contributed by atoms with van der Waals surface area (Å²) in [7, 11) is 0. The molecule has 0 saturated heterocycles. The molecule has 0 bridgehead atoms. The van der Waals surface area contributed by atoms with Crippen LogP contribution in [0.1, 0.15) is 43.4 Å². The Labute approximate surface area is 140 Å². The van der Waals surface area contributed by atoms with Crippen molar-refractivity contribution in [3.8, 4) is 0 Å². The summed E-state index contributed by atoms with van der Waals surface area (Å²) >= 11 is 7.58. The first-order valence-electron chi connectivity index (χ1n) is 7.73. The minimum atomic E-state index is 0.462. The van der Waals surface area contributed by atoms with Gasteiger partial charge in [0.05, 0.1) is 18.0 Å². The molecule has 1 saturated carbocycles. The lowest BCUT2D eigenvalue weighted by Crippen LogP contribution is -2.19. The number of aromatic nitrogens is 1. The fourth-order valence-electron chi connectivity index (χ4n) is 2.65. The molecule has 0 amide bonds.